The van der Waals surface area contributed by atoms with Crippen molar-refractivity contribution >= 4 is 5.82 Å². The van der Waals surface area contributed by atoms with E-state index in [0.717, 1.165) is 24.7 Å². The van der Waals surface area contributed by atoms with Crippen LogP contribution in [0.25, 0.3) is 0 Å². The van der Waals surface area contributed by atoms with Crippen molar-refractivity contribution in [1.29, 1.82) is 0 Å². The number of ether oxygens (including phenoxy) is 1. The van der Waals surface area contributed by atoms with Crippen molar-refractivity contribution in [2.24, 2.45) is 5.92 Å². The van der Waals surface area contributed by atoms with E-state index in [4.69, 9.17) is 4.74 Å². The summed E-state index contributed by atoms with van der Waals surface area (Å²) in [5.74, 6) is 2.80. The first-order valence-electron chi connectivity index (χ1n) is 7.53. The molecule has 1 fully saturated rings. The predicted molar refractivity (Wildman–Crippen MR) is 81.3 cm³/mol. The third-order valence-electron chi connectivity index (χ3n) is 3.67. The summed E-state index contributed by atoms with van der Waals surface area (Å²) in [6.07, 6.45) is 4.09. The zero-order valence-corrected chi connectivity index (χ0v) is 12.9. The number of piperidine rings is 1. The van der Waals surface area contributed by atoms with Crippen molar-refractivity contribution in [3.63, 3.8) is 0 Å². The highest BCUT2D eigenvalue weighted by Gasteiger charge is 2.13. The second-order valence-electron chi connectivity index (χ2n) is 5.69. The van der Waals surface area contributed by atoms with Crippen molar-refractivity contribution in [1.82, 2.24) is 14.9 Å². The Kier molecular flexibility index (Phi) is 5.59. The zero-order valence-electron chi connectivity index (χ0n) is 12.9. The Labute approximate surface area is 121 Å². The van der Waals surface area contributed by atoms with Gasteiger partial charge in [-0.15, -0.1) is 0 Å². The Morgan fingerprint density at radius 3 is 2.75 bits per heavy atom. The minimum atomic E-state index is 0.606. The molecule has 2 rings (SSSR count). The van der Waals surface area contributed by atoms with Crippen LogP contribution in [0.2, 0.25) is 0 Å². The number of methoxy groups -OCH3 is 1. The van der Waals surface area contributed by atoms with E-state index in [1.165, 1.54) is 32.4 Å². The van der Waals surface area contributed by atoms with Gasteiger partial charge in [0.25, 0.3) is 0 Å². The third kappa shape index (κ3) is 4.63. The topological polar surface area (TPSA) is 50.3 Å². The minimum Gasteiger partial charge on any atom is -0.481 e. The van der Waals surface area contributed by atoms with E-state index < -0.39 is 0 Å². The highest BCUT2D eigenvalue weighted by molar-refractivity contribution is 5.38. The molecule has 0 radical (unpaired) electrons. The Balaban J connectivity index is 1.80. The predicted octanol–water partition coefficient (Wildman–Crippen LogP) is 2.33. The summed E-state index contributed by atoms with van der Waals surface area (Å²) in [5.41, 5.74) is 0. The van der Waals surface area contributed by atoms with Crippen LogP contribution in [0.1, 0.15) is 32.0 Å². The molecule has 1 unspecified atom stereocenters. The smallest absolute Gasteiger partial charge is 0.218 e. The average molecular weight is 278 g/mol. The number of hydrogen-bond acceptors (Lipinski definition) is 5. The molecule has 5 heteroatoms. The van der Waals surface area contributed by atoms with Crippen LogP contribution in [0.15, 0.2) is 6.07 Å². The van der Waals surface area contributed by atoms with Crippen molar-refractivity contribution in [2.75, 3.05) is 38.6 Å². The van der Waals surface area contributed by atoms with Gasteiger partial charge in [-0.1, -0.05) is 13.3 Å². The normalized spacial score (nSPS) is 17.8. The monoisotopic (exact) mass is 278 g/mol. The molecule has 0 spiro atoms. The molecule has 2 heterocycles. The average Bonchev–Trinajstić information content (AvgIpc) is 2.45. The number of hydrogen-bond donors (Lipinski definition) is 1. The molecule has 20 heavy (non-hydrogen) atoms. The summed E-state index contributed by atoms with van der Waals surface area (Å²) in [4.78, 5) is 11.1. The molecule has 112 valence electrons. The maximum Gasteiger partial charge on any atom is 0.218 e. The molecule has 0 aromatic carbocycles. The van der Waals surface area contributed by atoms with Gasteiger partial charge in [0.15, 0.2) is 0 Å². The van der Waals surface area contributed by atoms with Gasteiger partial charge in [0.05, 0.1) is 7.11 Å². The van der Waals surface area contributed by atoms with Crippen molar-refractivity contribution in [2.45, 2.75) is 33.1 Å². The number of anilines is 1. The number of aryl methyl sites for hydroxylation is 1. The summed E-state index contributed by atoms with van der Waals surface area (Å²) in [6.45, 7) is 8.76. The van der Waals surface area contributed by atoms with Gasteiger partial charge in [0, 0.05) is 19.2 Å². The van der Waals surface area contributed by atoms with Crippen LogP contribution in [-0.4, -0.2) is 48.2 Å². The maximum atomic E-state index is 5.16. The molecule has 1 saturated heterocycles. The van der Waals surface area contributed by atoms with E-state index in [-0.39, 0.29) is 0 Å². The second-order valence-corrected chi connectivity index (χ2v) is 5.69. The molecule has 1 aromatic heterocycles. The summed E-state index contributed by atoms with van der Waals surface area (Å²) in [5, 5.41) is 3.39. The van der Waals surface area contributed by atoms with E-state index in [0.29, 0.717) is 11.8 Å². The fourth-order valence-corrected chi connectivity index (χ4v) is 2.66. The van der Waals surface area contributed by atoms with Crippen LogP contribution >= 0.6 is 0 Å². The molecule has 1 N–H and O–H groups in total. The molecule has 0 aliphatic carbocycles. The van der Waals surface area contributed by atoms with Gasteiger partial charge >= 0.3 is 0 Å². The number of likely N-dealkylation sites (tertiary alicyclic amines) is 1. The van der Waals surface area contributed by atoms with Gasteiger partial charge < -0.3 is 15.0 Å². The van der Waals surface area contributed by atoms with Gasteiger partial charge in [-0.25, -0.2) is 4.98 Å². The molecule has 0 bridgehead atoms. The Morgan fingerprint density at radius 1 is 1.30 bits per heavy atom. The highest BCUT2D eigenvalue weighted by Crippen LogP contribution is 2.14. The van der Waals surface area contributed by atoms with Crippen LogP contribution < -0.4 is 10.1 Å². The lowest BCUT2D eigenvalue weighted by Crippen LogP contribution is -2.35. The van der Waals surface area contributed by atoms with E-state index in [2.05, 4.69) is 27.1 Å². The maximum absolute atomic E-state index is 5.16. The minimum absolute atomic E-state index is 0.606. The number of aromatic nitrogens is 2. The van der Waals surface area contributed by atoms with E-state index in [1.807, 2.05) is 13.0 Å². The quantitative estimate of drug-likeness (QED) is 0.865. The van der Waals surface area contributed by atoms with Gasteiger partial charge in [-0.2, -0.15) is 4.98 Å². The molecule has 1 aromatic rings. The summed E-state index contributed by atoms with van der Waals surface area (Å²) >= 11 is 0. The largest absolute Gasteiger partial charge is 0.481 e. The Morgan fingerprint density at radius 2 is 2.05 bits per heavy atom. The lowest BCUT2D eigenvalue weighted by atomic mass is 10.1. The molecule has 0 amide bonds. The van der Waals surface area contributed by atoms with Gasteiger partial charge in [-0.3, -0.25) is 0 Å². The van der Waals surface area contributed by atoms with Gasteiger partial charge in [-0.05, 0) is 38.8 Å². The Bertz CT molecular complexity index is 418. The molecular weight excluding hydrogens is 252 g/mol. The highest BCUT2D eigenvalue weighted by atomic mass is 16.5. The molecule has 0 saturated carbocycles. The number of rotatable bonds is 6. The van der Waals surface area contributed by atoms with Crippen LogP contribution in [-0.2, 0) is 0 Å². The lowest BCUT2D eigenvalue weighted by Gasteiger charge is -2.29. The second kappa shape index (κ2) is 7.43. The standard InChI is InChI=1S/C15H26N4O/c1-12(11-19-7-5-4-6-8-19)10-16-14-9-15(20-3)18-13(2)17-14/h9,12H,4-8,10-11H2,1-3H3,(H,16,17,18). The van der Waals surface area contributed by atoms with Crippen LogP contribution in [0.4, 0.5) is 5.82 Å². The van der Waals surface area contributed by atoms with Gasteiger partial charge in [0.2, 0.25) is 5.88 Å². The summed E-state index contributed by atoms with van der Waals surface area (Å²) in [7, 11) is 1.63. The molecule has 1 atom stereocenters. The first-order valence-corrected chi connectivity index (χ1v) is 7.53. The van der Waals surface area contributed by atoms with Crippen molar-refractivity contribution in [3.05, 3.63) is 11.9 Å². The SMILES string of the molecule is COc1cc(NCC(C)CN2CCCCC2)nc(C)n1. The van der Waals surface area contributed by atoms with Crippen LogP contribution in [0.5, 0.6) is 5.88 Å². The van der Waals surface area contributed by atoms with E-state index in [1.54, 1.807) is 7.11 Å². The third-order valence-corrected chi connectivity index (χ3v) is 3.67. The first kappa shape index (κ1) is 15.0. The molecule has 1 aliphatic heterocycles. The molecule has 1 aliphatic rings. The molecular formula is C15H26N4O. The van der Waals surface area contributed by atoms with E-state index >= 15 is 0 Å². The lowest BCUT2D eigenvalue weighted by molar-refractivity contribution is 0.204. The summed E-state index contributed by atoms with van der Waals surface area (Å²) in [6, 6.07) is 1.85. The van der Waals surface area contributed by atoms with Crippen LogP contribution in [0, 0.1) is 12.8 Å². The van der Waals surface area contributed by atoms with Crippen molar-refractivity contribution in [3.8, 4) is 5.88 Å². The van der Waals surface area contributed by atoms with E-state index in [9.17, 15) is 0 Å². The molecule has 5 nitrogen and oxygen atoms in total. The summed E-state index contributed by atoms with van der Waals surface area (Å²) < 4.78 is 5.16. The first-order chi connectivity index (χ1) is 9.67. The van der Waals surface area contributed by atoms with Gasteiger partial charge in [0.1, 0.15) is 11.6 Å². The Hall–Kier alpha value is -1.36. The fraction of sp³-hybridized carbons (Fsp3) is 0.733. The number of nitrogens with one attached hydrogen (secondary N) is 1. The number of nitrogens with zero attached hydrogens (tertiary/aromatic N) is 3. The fourth-order valence-electron chi connectivity index (χ4n) is 2.66. The zero-order chi connectivity index (χ0) is 14.4. The van der Waals surface area contributed by atoms with Crippen LogP contribution in [0.3, 0.4) is 0 Å². The van der Waals surface area contributed by atoms with Crippen molar-refractivity contribution < 1.29 is 4.74 Å².